The van der Waals surface area contributed by atoms with Crippen LogP contribution in [-0.2, 0) is 54.6 Å². The molecule has 4 aliphatic carbocycles. The van der Waals surface area contributed by atoms with Crippen molar-refractivity contribution < 1.29 is 82.3 Å². The zero-order valence-corrected chi connectivity index (χ0v) is 31.2. The highest BCUT2D eigenvalue weighted by molar-refractivity contribution is 7.78. The van der Waals surface area contributed by atoms with Crippen molar-refractivity contribution in [3.63, 3.8) is 0 Å². The minimum atomic E-state index is -6.02. The predicted octanol–water partition coefficient (Wildman–Crippen LogP) is 6.73. The van der Waals surface area contributed by atoms with E-state index in [1.165, 1.54) is 11.5 Å². The second kappa shape index (κ2) is 17.8. The molecule has 2 saturated heterocycles. The van der Waals surface area contributed by atoms with Crippen LogP contribution in [0.3, 0.4) is 0 Å². The SMILES string of the molecule is C1C[SH+]CCO1.CC(F)(F)CC(=O)OCC1(COC(=O)CC(F)(F)C(F)(F)F)COC2(OC1)C1CC3CC2CC(OC(=O)C(C)(F)F)(C3)C1.c1ccccc1. The standard InChI is InChI=1S/C26H31F9O8.C6H6.C4H8OS/c1-20(27,28)8-17(36)39-10-22(11-40-18(37)9-24(31,32)26(33,34)35)12-41-25(42-13-22)15-3-14-4-16(25)7-23(5-14,6-15)43-19(38)21(2,29)30;1-2-4-6-5-3-1;1-3-6-4-2-5-1/h14-16H,3-13H2,1-2H3;1-6H;1-4H2/p+1. The van der Waals surface area contributed by atoms with Gasteiger partial charge < -0.3 is 28.4 Å². The summed E-state index contributed by atoms with van der Waals surface area (Å²) in [5.41, 5.74) is -2.84. The van der Waals surface area contributed by atoms with Crippen LogP contribution in [0.5, 0.6) is 0 Å². The Labute approximate surface area is 316 Å². The van der Waals surface area contributed by atoms with Gasteiger partial charge in [-0.3, -0.25) is 9.59 Å². The Balaban J connectivity index is 0.000000473. The number of benzene rings is 1. The topological polar surface area (TPSA) is 107 Å². The first-order valence-corrected chi connectivity index (χ1v) is 19.0. The molecule has 19 heteroatoms. The highest BCUT2D eigenvalue weighted by Crippen LogP contribution is 2.64. The van der Waals surface area contributed by atoms with E-state index in [9.17, 15) is 53.9 Å². The zero-order valence-electron chi connectivity index (χ0n) is 30.3. The summed E-state index contributed by atoms with van der Waals surface area (Å²) < 4.78 is 150. The van der Waals surface area contributed by atoms with Crippen molar-refractivity contribution in [2.45, 2.75) is 94.1 Å². The van der Waals surface area contributed by atoms with Crippen molar-refractivity contribution in [3.05, 3.63) is 36.4 Å². The van der Waals surface area contributed by atoms with E-state index in [4.69, 9.17) is 23.7 Å². The summed E-state index contributed by atoms with van der Waals surface area (Å²) in [6, 6.07) is 12.0. The summed E-state index contributed by atoms with van der Waals surface area (Å²) >= 11 is 1.57. The average molecular weight is 826 g/mol. The van der Waals surface area contributed by atoms with Crippen molar-refractivity contribution in [2.75, 3.05) is 51.1 Å². The number of ether oxygens (including phenoxy) is 6. The number of alkyl halides is 9. The molecule has 1 spiro atoms. The number of rotatable bonds is 10. The zero-order chi connectivity index (χ0) is 40.8. The van der Waals surface area contributed by atoms with Crippen LogP contribution in [0, 0.1) is 23.2 Å². The Morgan fingerprint density at radius 2 is 1.20 bits per heavy atom. The molecule has 6 aliphatic rings. The molecule has 9 nitrogen and oxygen atoms in total. The molecule has 7 rings (SSSR count). The minimum Gasteiger partial charge on any atom is -0.465 e. The van der Waals surface area contributed by atoms with Gasteiger partial charge in [-0.25, -0.2) is 13.6 Å². The minimum absolute atomic E-state index is 0.00760. The van der Waals surface area contributed by atoms with Gasteiger partial charge in [-0.15, -0.1) is 0 Å². The van der Waals surface area contributed by atoms with Crippen molar-refractivity contribution in [1.82, 2.24) is 0 Å². The predicted molar refractivity (Wildman–Crippen MR) is 179 cm³/mol. The van der Waals surface area contributed by atoms with E-state index in [2.05, 4.69) is 4.74 Å². The third kappa shape index (κ3) is 12.4. The van der Waals surface area contributed by atoms with E-state index in [1.54, 1.807) is 11.8 Å². The van der Waals surface area contributed by atoms with E-state index in [1.807, 2.05) is 36.4 Å². The van der Waals surface area contributed by atoms with Crippen molar-refractivity contribution in [2.24, 2.45) is 23.2 Å². The summed E-state index contributed by atoms with van der Waals surface area (Å²) in [6.07, 6.45) is -8.02. The van der Waals surface area contributed by atoms with E-state index in [0.29, 0.717) is 33.1 Å². The number of hydrogen-bond acceptors (Lipinski definition) is 9. The van der Waals surface area contributed by atoms with E-state index < -0.39 is 110 Å². The van der Waals surface area contributed by atoms with Crippen LogP contribution in [0.2, 0.25) is 0 Å². The van der Waals surface area contributed by atoms with Gasteiger partial charge in [0.2, 0.25) is 0 Å². The molecule has 312 valence electrons. The molecule has 0 N–H and O–H groups in total. The molecule has 0 radical (unpaired) electrons. The van der Waals surface area contributed by atoms with E-state index in [0.717, 1.165) is 13.2 Å². The summed E-state index contributed by atoms with van der Waals surface area (Å²) in [7, 11) is 0. The molecule has 6 fully saturated rings. The Morgan fingerprint density at radius 3 is 1.58 bits per heavy atom. The lowest BCUT2D eigenvalue weighted by atomic mass is 9.51. The summed E-state index contributed by atoms with van der Waals surface area (Å²) in [6.45, 7) is 0.259. The fraction of sp³-hybridized carbons (Fsp3) is 0.750. The van der Waals surface area contributed by atoms with Crippen LogP contribution in [-0.4, -0.2) is 104 Å². The highest BCUT2D eigenvalue weighted by atomic mass is 32.2. The van der Waals surface area contributed by atoms with Crippen LogP contribution in [0.4, 0.5) is 39.5 Å². The molecule has 1 aromatic carbocycles. The maximum Gasteiger partial charge on any atom is 0.453 e. The Morgan fingerprint density at radius 1 is 0.727 bits per heavy atom. The molecule has 0 aromatic heterocycles. The van der Waals surface area contributed by atoms with Crippen LogP contribution in [0.1, 0.15) is 58.8 Å². The molecule has 4 saturated carbocycles. The first-order chi connectivity index (χ1) is 25.5. The van der Waals surface area contributed by atoms with Gasteiger partial charge in [-0.2, -0.15) is 30.7 Å². The first kappa shape index (κ1) is 44.9. The molecule has 4 bridgehead atoms. The van der Waals surface area contributed by atoms with Crippen LogP contribution >= 0.6 is 0 Å². The number of hydrogen-bond donors (Lipinski definition) is 0. The smallest absolute Gasteiger partial charge is 0.453 e. The lowest BCUT2D eigenvalue weighted by Gasteiger charge is -2.65. The maximum absolute atomic E-state index is 13.6. The molecular weight excluding hydrogens is 779 g/mol. The average Bonchev–Trinajstić information content (AvgIpc) is 3.09. The van der Waals surface area contributed by atoms with Gasteiger partial charge in [0.05, 0.1) is 31.8 Å². The number of halogens is 9. The van der Waals surface area contributed by atoms with Crippen LogP contribution in [0.15, 0.2) is 36.4 Å². The molecule has 1 aromatic rings. The van der Waals surface area contributed by atoms with Crippen LogP contribution < -0.4 is 0 Å². The monoisotopic (exact) mass is 825 g/mol. The number of esters is 3. The Kier molecular flexibility index (Phi) is 14.5. The lowest BCUT2D eigenvalue weighted by Crippen LogP contribution is -2.69. The van der Waals surface area contributed by atoms with Crippen molar-refractivity contribution >= 4 is 29.7 Å². The molecule has 2 aliphatic heterocycles. The number of carbonyl (C=O) groups is 3. The summed E-state index contributed by atoms with van der Waals surface area (Å²) in [5, 5.41) is 0. The van der Waals surface area contributed by atoms with Gasteiger partial charge in [0.1, 0.15) is 43.2 Å². The molecular formula is C36H46F9O9S+. The van der Waals surface area contributed by atoms with Gasteiger partial charge in [0.25, 0.3) is 5.92 Å². The number of thiol groups is 1. The second-order valence-corrected chi connectivity index (χ2v) is 16.3. The van der Waals surface area contributed by atoms with Crippen molar-refractivity contribution in [1.29, 1.82) is 0 Å². The van der Waals surface area contributed by atoms with E-state index in [-0.39, 0.29) is 18.8 Å². The molecule has 55 heavy (non-hydrogen) atoms. The van der Waals surface area contributed by atoms with Crippen LogP contribution in [0.25, 0.3) is 0 Å². The van der Waals surface area contributed by atoms with Gasteiger partial charge in [-0.05, 0) is 56.7 Å². The quantitative estimate of drug-likeness (QED) is 0.0836. The largest absolute Gasteiger partial charge is 0.465 e. The van der Waals surface area contributed by atoms with Gasteiger partial charge in [0, 0.05) is 18.8 Å². The van der Waals surface area contributed by atoms with Crippen molar-refractivity contribution in [3.8, 4) is 0 Å². The third-order valence-electron chi connectivity index (χ3n) is 9.92. The normalized spacial score (nSPS) is 30.3. The molecule has 2 unspecified atom stereocenters. The van der Waals surface area contributed by atoms with E-state index >= 15 is 0 Å². The molecule has 2 atom stereocenters. The third-order valence-corrected chi connectivity index (χ3v) is 10.9. The fourth-order valence-corrected chi connectivity index (χ4v) is 8.26. The highest BCUT2D eigenvalue weighted by Gasteiger charge is 2.68. The second-order valence-electron chi connectivity index (χ2n) is 15.0. The van der Waals surface area contributed by atoms with Gasteiger partial charge >= 0.3 is 35.9 Å². The summed E-state index contributed by atoms with van der Waals surface area (Å²) in [5.74, 6) is -17.2. The fourth-order valence-electron chi connectivity index (χ4n) is 7.52. The number of carbonyl (C=O) groups excluding carboxylic acids is 3. The Bertz CT molecular complexity index is 1370. The Hall–Kier alpha value is -2.77. The molecule has 0 amide bonds. The van der Waals surface area contributed by atoms with Gasteiger partial charge in [0.15, 0.2) is 5.79 Å². The summed E-state index contributed by atoms with van der Waals surface area (Å²) in [4.78, 5) is 35.9. The van der Waals surface area contributed by atoms with Gasteiger partial charge in [-0.1, -0.05) is 36.4 Å². The lowest BCUT2D eigenvalue weighted by molar-refractivity contribution is -0.397. The first-order valence-electron chi connectivity index (χ1n) is 17.7. The molecule has 2 heterocycles. The maximum atomic E-state index is 13.6.